The number of hydrogen-bond acceptors (Lipinski definition) is 3. The summed E-state index contributed by atoms with van der Waals surface area (Å²) in [5.41, 5.74) is -0.440. The quantitative estimate of drug-likeness (QED) is 0.818. The molecule has 0 aromatic carbocycles. The molecule has 0 atom stereocenters. The first-order valence-corrected chi connectivity index (χ1v) is 8.41. The molecule has 0 radical (unpaired) electrons. The number of amides is 1. The number of nitrogens with one attached hydrogen (secondary N) is 1. The Morgan fingerprint density at radius 1 is 1.14 bits per heavy atom. The zero-order valence-corrected chi connectivity index (χ0v) is 13.8. The maximum absolute atomic E-state index is 12.1. The predicted octanol–water partition coefficient (Wildman–Crippen LogP) is 2.59. The highest BCUT2D eigenvalue weighted by molar-refractivity contribution is 5.79. The molecule has 0 aromatic heterocycles. The van der Waals surface area contributed by atoms with Gasteiger partial charge in [-0.1, -0.05) is 13.8 Å². The van der Waals surface area contributed by atoms with Gasteiger partial charge < -0.3 is 15.2 Å². The van der Waals surface area contributed by atoms with Crippen LogP contribution in [0.4, 0.5) is 0 Å². The Bertz CT molecular complexity index is 403. The number of rotatable bonds is 5. The van der Waals surface area contributed by atoms with E-state index in [1.807, 2.05) is 0 Å². The van der Waals surface area contributed by atoms with Crippen molar-refractivity contribution in [3.63, 3.8) is 0 Å². The maximum atomic E-state index is 12.1. The second-order valence-corrected chi connectivity index (χ2v) is 7.79. The summed E-state index contributed by atoms with van der Waals surface area (Å²) in [6.45, 7) is 5.71. The topological polar surface area (TPSA) is 75.6 Å². The smallest absolute Gasteiger partial charge is 0.311 e. The van der Waals surface area contributed by atoms with E-state index in [1.54, 1.807) is 0 Å². The SMILES string of the molecule is CC1(C)CCC(CC(=O)NCC2(C(=O)O)CCOCC2)CC1. The van der Waals surface area contributed by atoms with Gasteiger partial charge >= 0.3 is 5.97 Å². The minimum atomic E-state index is -0.845. The Morgan fingerprint density at radius 3 is 2.27 bits per heavy atom. The Labute approximate surface area is 132 Å². The standard InChI is InChI=1S/C17H29NO4/c1-16(2)5-3-13(4-6-16)11-14(19)18-12-17(15(20)21)7-9-22-10-8-17/h13H,3-12H2,1-2H3,(H,18,19)(H,20,21). The highest BCUT2D eigenvalue weighted by atomic mass is 16.5. The summed E-state index contributed by atoms with van der Waals surface area (Å²) in [5.74, 6) is -0.379. The van der Waals surface area contributed by atoms with E-state index in [0.29, 0.717) is 43.8 Å². The number of hydrogen-bond donors (Lipinski definition) is 2. The monoisotopic (exact) mass is 311 g/mol. The van der Waals surface area contributed by atoms with Crippen molar-refractivity contribution in [2.75, 3.05) is 19.8 Å². The molecule has 2 rings (SSSR count). The third kappa shape index (κ3) is 4.45. The van der Waals surface area contributed by atoms with Crippen molar-refractivity contribution in [3.05, 3.63) is 0 Å². The van der Waals surface area contributed by atoms with E-state index in [9.17, 15) is 14.7 Å². The van der Waals surface area contributed by atoms with Crippen LogP contribution in [-0.2, 0) is 14.3 Å². The third-order valence-electron chi connectivity index (χ3n) is 5.46. The first-order chi connectivity index (χ1) is 10.3. The third-order valence-corrected chi connectivity index (χ3v) is 5.46. The molecule has 0 bridgehead atoms. The summed E-state index contributed by atoms with van der Waals surface area (Å²) in [5, 5.41) is 12.3. The van der Waals surface area contributed by atoms with Gasteiger partial charge in [-0.25, -0.2) is 0 Å². The number of carboxylic acid groups (broad SMARTS) is 1. The molecule has 2 fully saturated rings. The second-order valence-electron chi connectivity index (χ2n) is 7.79. The molecular weight excluding hydrogens is 282 g/mol. The van der Waals surface area contributed by atoms with E-state index < -0.39 is 11.4 Å². The molecular formula is C17H29NO4. The average Bonchev–Trinajstić information content (AvgIpc) is 2.48. The van der Waals surface area contributed by atoms with Gasteiger partial charge in [-0.05, 0) is 49.9 Å². The zero-order chi connectivity index (χ0) is 16.2. The largest absolute Gasteiger partial charge is 0.481 e. The van der Waals surface area contributed by atoms with Crippen molar-refractivity contribution in [1.82, 2.24) is 5.32 Å². The van der Waals surface area contributed by atoms with Crippen LogP contribution < -0.4 is 5.32 Å². The van der Waals surface area contributed by atoms with Gasteiger partial charge in [0.2, 0.25) is 5.91 Å². The number of carbonyl (C=O) groups is 2. The van der Waals surface area contributed by atoms with Crippen molar-refractivity contribution >= 4 is 11.9 Å². The van der Waals surface area contributed by atoms with Gasteiger partial charge in [0.25, 0.3) is 0 Å². The van der Waals surface area contributed by atoms with Crippen LogP contribution in [0, 0.1) is 16.7 Å². The molecule has 1 saturated heterocycles. The molecule has 2 N–H and O–H groups in total. The summed E-state index contributed by atoms with van der Waals surface area (Å²) in [4.78, 5) is 23.7. The molecule has 2 aliphatic rings. The average molecular weight is 311 g/mol. The van der Waals surface area contributed by atoms with Gasteiger partial charge in [-0.3, -0.25) is 9.59 Å². The van der Waals surface area contributed by atoms with E-state index in [1.165, 1.54) is 12.8 Å². The summed E-state index contributed by atoms with van der Waals surface area (Å²) >= 11 is 0. The van der Waals surface area contributed by atoms with Crippen molar-refractivity contribution in [3.8, 4) is 0 Å². The van der Waals surface area contributed by atoms with Gasteiger partial charge in [-0.15, -0.1) is 0 Å². The molecule has 1 amide bonds. The second kappa shape index (κ2) is 6.99. The first-order valence-electron chi connectivity index (χ1n) is 8.41. The molecule has 1 aliphatic heterocycles. The molecule has 0 aromatic rings. The van der Waals surface area contributed by atoms with E-state index in [2.05, 4.69) is 19.2 Å². The number of carbonyl (C=O) groups excluding carboxylic acids is 1. The summed E-state index contributed by atoms with van der Waals surface area (Å²) in [7, 11) is 0. The van der Waals surface area contributed by atoms with Crippen LogP contribution >= 0.6 is 0 Å². The van der Waals surface area contributed by atoms with E-state index in [0.717, 1.165) is 12.8 Å². The minimum absolute atomic E-state index is 0.00294. The van der Waals surface area contributed by atoms with Crippen LogP contribution in [0.25, 0.3) is 0 Å². The van der Waals surface area contributed by atoms with Crippen LogP contribution in [0.5, 0.6) is 0 Å². The normalized spacial score (nSPS) is 24.6. The van der Waals surface area contributed by atoms with Crippen molar-refractivity contribution in [2.45, 2.75) is 58.8 Å². The first kappa shape index (κ1) is 17.3. The molecule has 126 valence electrons. The fraction of sp³-hybridized carbons (Fsp3) is 0.882. The minimum Gasteiger partial charge on any atom is -0.481 e. The van der Waals surface area contributed by atoms with Crippen molar-refractivity contribution < 1.29 is 19.4 Å². The fourth-order valence-corrected chi connectivity index (χ4v) is 3.49. The van der Waals surface area contributed by atoms with Crippen LogP contribution in [0.1, 0.15) is 58.8 Å². The Hall–Kier alpha value is -1.10. The van der Waals surface area contributed by atoms with Gasteiger partial charge in [0.1, 0.15) is 0 Å². The maximum Gasteiger partial charge on any atom is 0.311 e. The molecule has 0 unspecified atom stereocenters. The lowest BCUT2D eigenvalue weighted by Crippen LogP contribution is -2.46. The molecule has 5 nitrogen and oxygen atoms in total. The van der Waals surface area contributed by atoms with Gasteiger partial charge in [-0.2, -0.15) is 0 Å². The van der Waals surface area contributed by atoms with Gasteiger partial charge in [0.15, 0.2) is 0 Å². The Kier molecular flexibility index (Phi) is 5.48. The molecule has 0 spiro atoms. The van der Waals surface area contributed by atoms with E-state index in [-0.39, 0.29) is 12.5 Å². The molecule has 1 heterocycles. The zero-order valence-electron chi connectivity index (χ0n) is 13.8. The molecule has 5 heteroatoms. The Morgan fingerprint density at radius 2 is 1.73 bits per heavy atom. The van der Waals surface area contributed by atoms with Crippen molar-refractivity contribution in [1.29, 1.82) is 0 Å². The number of ether oxygens (including phenoxy) is 1. The molecule has 1 aliphatic carbocycles. The number of aliphatic carboxylic acids is 1. The molecule has 1 saturated carbocycles. The van der Waals surface area contributed by atoms with Crippen LogP contribution in [0.15, 0.2) is 0 Å². The van der Waals surface area contributed by atoms with E-state index >= 15 is 0 Å². The summed E-state index contributed by atoms with van der Waals surface area (Å²) < 4.78 is 5.25. The predicted molar refractivity (Wildman–Crippen MR) is 83.5 cm³/mol. The lowest BCUT2D eigenvalue weighted by atomic mass is 9.72. The van der Waals surface area contributed by atoms with E-state index in [4.69, 9.17) is 4.74 Å². The van der Waals surface area contributed by atoms with Gasteiger partial charge in [0, 0.05) is 26.2 Å². The summed E-state index contributed by atoms with van der Waals surface area (Å²) in [6.07, 6.45) is 6.00. The van der Waals surface area contributed by atoms with Crippen LogP contribution in [-0.4, -0.2) is 36.7 Å². The molecule has 22 heavy (non-hydrogen) atoms. The lowest BCUT2D eigenvalue weighted by Gasteiger charge is -2.35. The van der Waals surface area contributed by atoms with Gasteiger partial charge in [0.05, 0.1) is 5.41 Å². The highest BCUT2D eigenvalue weighted by Crippen LogP contribution is 2.39. The summed E-state index contributed by atoms with van der Waals surface area (Å²) in [6, 6.07) is 0. The fourth-order valence-electron chi connectivity index (χ4n) is 3.49. The number of carboxylic acids is 1. The highest BCUT2D eigenvalue weighted by Gasteiger charge is 2.40. The lowest BCUT2D eigenvalue weighted by molar-refractivity contribution is -0.154. The Balaban J connectivity index is 1.78. The van der Waals surface area contributed by atoms with Crippen LogP contribution in [0.3, 0.4) is 0 Å². The van der Waals surface area contributed by atoms with Crippen molar-refractivity contribution in [2.24, 2.45) is 16.7 Å². The van der Waals surface area contributed by atoms with Crippen LogP contribution in [0.2, 0.25) is 0 Å².